The molecule has 1 fully saturated rings. The van der Waals surface area contributed by atoms with Gasteiger partial charge < -0.3 is 24.8 Å². The van der Waals surface area contributed by atoms with E-state index in [1.807, 2.05) is 49.6 Å². The first-order valence-electron chi connectivity index (χ1n) is 12.2. The first-order valence-corrected chi connectivity index (χ1v) is 12.2. The van der Waals surface area contributed by atoms with Crippen LogP contribution in [-0.4, -0.2) is 46.8 Å². The lowest BCUT2D eigenvalue weighted by molar-refractivity contribution is 0.247. The van der Waals surface area contributed by atoms with Gasteiger partial charge in [0.15, 0.2) is 5.82 Å². The highest BCUT2D eigenvalue weighted by atomic mass is 19.1. The number of ether oxygens (including phenoxy) is 1. The summed E-state index contributed by atoms with van der Waals surface area (Å²) in [7, 11) is 0. The van der Waals surface area contributed by atoms with Crippen LogP contribution in [0.1, 0.15) is 25.6 Å². The standard InChI is InChI=1S/C27H28F2N6O/c1-15(2)35-16(3)8-20-21(28)9-17(10-24(20)35)26-22(29)13-31-27(33-26)32-18-4-5-23-25(11-18)36-14-19-12-30-6-7-34(19)23/h4-5,8-11,13,15,19,30H,6-7,12,14H2,1-3H3,(H,31,32,33). The number of hydrogen-bond donors (Lipinski definition) is 2. The van der Waals surface area contributed by atoms with Crippen molar-refractivity contribution in [1.29, 1.82) is 0 Å². The Hall–Kier alpha value is -3.72. The topological polar surface area (TPSA) is 67.2 Å². The molecule has 0 aliphatic carbocycles. The molecule has 2 aliphatic rings. The zero-order valence-electron chi connectivity index (χ0n) is 20.5. The summed E-state index contributed by atoms with van der Waals surface area (Å²) in [6.45, 7) is 9.40. The van der Waals surface area contributed by atoms with Crippen LogP contribution in [0.4, 0.5) is 26.1 Å². The summed E-state index contributed by atoms with van der Waals surface area (Å²) in [6.07, 6.45) is 1.11. The van der Waals surface area contributed by atoms with Crippen LogP contribution in [0.25, 0.3) is 22.2 Å². The maximum Gasteiger partial charge on any atom is 0.227 e. The Morgan fingerprint density at radius 1 is 1.14 bits per heavy atom. The molecule has 7 nitrogen and oxygen atoms in total. The SMILES string of the molecule is Cc1cc2c(F)cc(-c3nc(Nc4ccc5c(c4)OCC4CNCCN54)ncc3F)cc2n1C(C)C. The van der Waals surface area contributed by atoms with E-state index in [-0.39, 0.29) is 17.7 Å². The molecule has 186 valence electrons. The summed E-state index contributed by atoms with van der Waals surface area (Å²) in [5, 5.41) is 7.06. The summed E-state index contributed by atoms with van der Waals surface area (Å²) >= 11 is 0. The van der Waals surface area contributed by atoms with E-state index in [2.05, 4.69) is 25.5 Å². The molecule has 0 radical (unpaired) electrons. The van der Waals surface area contributed by atoms with Gasteiger partial charge in [-0.3, -0.25) is 0 Å². The maximum atomic E-state index is 15.0. The van der Waals surface area contributed by atoms with E-state index in [9.17, 15) is 4.39 Å². The zero-order chi connectivity index (χ0) is 25.0. The number of fused-ring (bicyclic) bond motifs is 4. The Morgan fingerprint density at radius 2 is 2.00 bits per heavy atom. The van der Waals surface area contributed by atoms with Gasteiger partial charge in [0, 0.05) is 54.1 Å². The highest BCUT2D eigenvalue weighted by molar-refractivity contribution is 5.87. The molecule has 0 spiro atoms. The average molecular weight is 491 g/mol. The summed E-state index contributed by atoms with van der Waals surface area (Å²) in [5.41, 5.74) is 3.85. The molecule has 0 bridgehead atoms. The molecule has 0 amide bonds. The number of anilines is 3. The molecule has 4 aromatic rings. The first-order chi connectivity index (χ1) is 17.4. The van der Waals surface area contributed by atoms with E-state index in [1.165, 1.54) is 6.07 Å². The molecule has 2 aliphatic heterocycles. The van der Waals surface area contributed by atoms with Crippen LogP contribution >= 0.6 is 0 Å². The van der Waals surface area contributed by atoms with Crippen molar-refractivity contribution in [2.24, 2.45) is 0 Å². The fraction of sp³-hybridized carbons (Fsp3) is 0.333. The number of hydrogen-bond acceptors (Lipinski definition) is 6. The van der Waals surface area contributed by atoms with Gasteiger partial charge in [0.1, 0.15) is 23.9 Å². The normalized spacial score (nSPS) is 17.2. The third kappa shape index (κ3) is 3.83. The molecular formula is C27H28F2N6O. The molecule has 9 heteroatoms. The number of aryl methyl sites for hydroxylation is 1. The van der Waals surface area contributed by atoms with Crippen molar-refractivity contribution >= 4 is 28.2 Å². The van der Waals surface area contributed by atoms with Crippen molar-refractivity contribution in [2.45, 2.75) is 32.9 Å². The molecule has 1 unspecified atom stereocenters. The van der Waals surface area contributed by atoms with E-state index in [1.54, 1.807) is 6.07 Å². The van der Waals surface area contributed by atoms with Crippen molar-refractivity contribution in [3.8, 4) is 17.0 Å². The van der Waals surface area contributed by atoms with Crippen molar-refractivity contribution < 1.29 is 13.5 Å². The van der Waals surface area contributed by atoms with E-state index in [4.69, 9.17) is 4.74 Å². The van der Waals surface area contributed by atoms with Gasteiger partial charge in [-0.15, -0.1) is 0 Å². The molecule has 6 rings (SSSR count). The largest absolute Gasteiger partial charge is 0.489 e. The van der Waals surface area contributed by atoms with Gasteiger partial charge in [0.25, 0.3) is 0 Å². The van der Waals surface area contributed by atoms with Crippen molar-refractivity contribution in [3.05, 3.63) is 59.9 Å². The van der Waals surface area contributed by atoms with Gasteiger partial charge in [0.05, 0.1) is 23.4 Å². The Bertz CT molecular complexity index is 1470. The number of benzene rings is 2. The second-order valence-electron chi connectivity index (χ2n) is 9.70. The highest BCUT2D eigenvalue weighted by Crippen LogP contribution is 2.37. The van der Waals surface area contributed by atoms with Crippen molar-refractivity contribution in [2.75, 3.05) is 36.5 Å². The fourth-order valence-corrected chi connectivity index (χ4v) is 5.35. The molecule has 2 aromatic heterocycles. The van der Waals surface area contributed by atoms with Gasteiger partial charge in [-0.2, -0.15) is 0 Å². The average Bonchev–Trinajstić information content (AvgIpc) is 3.21. The van der Waals surface area contributed by atoms with Gasteiger partial charge in [0.2, 0.25) is 5.95 Å². The molecular weight excluding hydrogens is 462 g/mol. The fourth-order valence-electron chi connectivity index (χ4n) is 5.35. The predicted molar refractivity (Wildman–Crippen MR) is 137 cm³/mol. The van der Waals surface area contributed by atoms with Crippen LogP contribution in [0.15, 0.2) is 42.6 Å². The highest BCUT2D eigenvalue weighted by Gasteiger charge is 2.29. The quantitative estimate of drug-likeness (QED) is 0.411. The lowest BCUT2D eigenvalue weighted by atomic mass is 10.1. The minimum absolute atomic E-state index is 0.0420. The van der Waals surface area contributed by atoms with Crippen LogP contribution in [0.3, 0.4) is 0 Å². The number of rotatable bonds is 4. The molecule has 2 N–H and O–H groups in total. The molecule has 1 saturated heterocycles. The van der Waals surface area contributed by atoms with Gasteiger partial charge in [-0.05, 0) is 51.1 Å². The smallest absolute Gasteiger partial charge is 0.227 e. The van der Waals surface area contributed by atoms with E-state index in [0.29, 0.717) is 29.1 Å². The molecule has 4 heterocycles. The first kappa shape index (κ1) is 22.7. The Labute approximate surface area is 208 Å². The van der Waals surface area contributed by atoms with Crippen LogP contribution in [0.5, 0.6) is 5.75 Å². The molecule has 0 saturated carbocycles. The Kier molecular flexibility index (Phi) is 5.52. The van der Waals surface area contributed by atoms with Crippen molar-refractivity contribution in [1.82, 2.24) is 19.9 Å². The van der Waals surface area contributed by atoms with E-state index >= 15 is 4.39 Å². The van der Waals surface area contributed by atoms with Crippen LogP contribution in [0, 0.1) is 18.6 Å². The number of halogens is 2. The van der Waals surface area contributed by atoms with Crippen LogP contribution in [0.2, 0.25) is 0 Å². The number of aromatic nitrogens is 3. The summed E-state index contributed by atoms with van der Waals surface area (Å²) in [4.78, 5) is 10.9. The lowest BCUT2D eigenvalue weighted by Crippen LogP contribution is -2.55. The maximum absolute atomic E-state index is 15.0. The number of nitrogens with one attached hydrogen (secondary N) is 2. The minimum atomic E-state index is -0.614. The van der Waals surface area contributed by atoms with Crippen molar-refractivity contribution in [3.63, 3.8) is 0 Å². The van der Waals surface area contributed by atoms with Gasteiger partial charge in [-0.25, -0.2) is 18.7 Å². The summed E-state index contributed by atoms with van der Waals surface area (Å²) in [5.74, 6) is -0.0104. The minimum Gasteiger partial charge on any atom is -0.489 e. The van der Waals surface area contributed by atoms with Crippen LogP contribution in [-0.2, 0) is 0 Å². The summed E-state index contributed by atoms with van der Waals surface area (Å²) in [6, 6.07) is 11.3. The third-order valence-electron chi connectivity index (χ3n) is 6.94. The number of nitrogens with zero attached hydrogens (tertiary/aromatic N) is 4. The Balaban J connectivity index is 1.33. The van der Waals surface area contributed by atoms with Gasteiger partial charge >= 0.3 is 0 Å². The second-order valence-corrected chi connectivity index (χ2v) is 9.70. The van der Waals surface area contributed by atoms with Gasteiger partial charge in [-0.1, -0.05) is 0 Å². The molecule has 2 aromatic carbocycles. The monoisotopic (exact) mass is 490 g/mol. The second kappa shape index (κ2) is 8.74. The van der Waals surface area contributed by atoms with Crippen LogP contribution < -0.4 is 20.3 Å². The third-order valence-corrected chi connectivity index (χ3v) is 6.94. The molecule has 1 atom stereocenters. The summed E-state index contributed by atoms with van der Waals surface area (Å²) < 4.78 is 37.9. The van der Waals surface area contributed by atoms with E-state index in [0.717, 1.165) is 48.6 Å². The predicted octanol–water partition coefficient (Wildman–Crippen LogP) is 5.18. The lowest BCUT2D eigenvalue weighted by Gasteiger charge is -2.42. The van der Waals surface area contributed by atoms with E-state index < -0.39 is 11.6 Å². The zero-order valence-corrected chi connectivity index (χ0v) is 20.5. The Morgan fingerprint density at radius 3 is 2.83 bits per heavy atom. The number of piperazine rings is 1. The molecule has 36 heavy (non-hydrogen) atoms.